The lowest BCUT2D eigenvalue weighted by molar-refractivity contribution is -0.274. The molecule has 3 rings (SSSR count). The summed E-state index contributed by atoms with van der Waals surface area (Å²) in [7, 11) is 0. The van der Waals surface area contributed by atoms with Gasteiger partial charge in [0.05, 0.1) is 5.41 Å². The van der Waals surface area contributed by atoms with Crippen LogP contribution in [0.4, 0.5) is 13.2 Å². The lowest BCUT2D eigenvalue weighted by Gasteiger charge is -2.40. The molecular formula is C17H14F3NO2. The van der Waals surface area contributed by atoms with Gasteiger partial charge in [-0.2, -0.15) is 0 Å². The van der Waals surface area contributed by atoms with Gasteiger partial charge < -0.3 is 4.74 Å². The van der Waals surface area contributed by atoms with Gasteiger partial charge in [-0.25, -0.2) is 0 Å². The summed E-state index contributed by atoms with van der Waals surface area (Å²) in [6.45, 7) is 0. The van der Waals surface area contributed by atoms with Crippen molar-refractivity contribution in [2.75, 3.05) is 0 Å². The number of aromatic nitrogens is 1. The van der Waals surface area contributed by atoms with Gasteiger partial charge >= 0.3 is 6.36 Å². The Labute approximate surface area is 131 Å². The molecule has 0 bridgehead atoms. The molecule has 1 fully saturated rings. The Kier molecular flexibility index (Phi) is 3.83. The van der Waals surface area contributed by atoms with Crippen LogP contribution in [-0.4, -0.2) is 17.1 Å². The van der Waals surface area contributed by atoms with Crippen LogP contribution in [0.3, 0.4) is 0 Å². The average Bonchev–Trinajstić information content (AvgIpc) is 2.45. The van der Waals surface area contributed by atoms with E-state index in [1.807, 2.05) is 0 Å². The smallest absolute Gasteiger partial charge is 0.406 e. The number of alkyl halides is 3. The number of carbonyl (C=O) groups excluding carboxylic acids is 1. The van der Waals surface area contributed by atoms with Crippen molar-refractivity contribution in [2.45, 2.75) is 31.0 Å². The van der Waals surface area contributed by atoms with Crippen molar-refractivity contribution in [1.29, 1.82) is 0 Å². The maximum Gasteiger partial charge on any atom is 0.573 e. The Bertz CT molecular complexity index is 709. The van der Waals surface area contributed by atoms with Gasteiger partial charge in [-0.15, -0.1) is 13.2 Å². The number of Topliss-reactive ketones (excluding diaryl/α,β-unsaturated/α-hetero) is 1. The molecule has 0 aliphatic heterocycles. The molecule has 0 radical (unpaired) electrons. The second-order valence-corrected chi connectivity index (χ2v) is 5.56. The number of halogens is 3. The monoisotopic (exact) mass is 321 g/mol. The van der Waals surface area contributed by atoms with Crippen LogP contribution in [-0.2, 0) is 5.41 Å². The van der Waals surface area contributed by atoms with Crippen molar-refractivity contribution in [2.24, 2.45) is 0 Å². The summed E-state index contributed by atoms with van der Waals surface area (Å²) in [6.07, 6.45) is -1.18. The van der Waals surface area contributed by atoms with E-state index in [0.29, 0.717) is 24.1 Å². The Balaban J connectivity index is 1.95. The molecule has 0 amide bonds. The van der Waals surface area contributed by atoms with E-state index in [0.717, 1.165) is 6.42 Å². The summed E-state index contributed by atoms with van der Waals surface area (Å²) in [5.41, 5.74) is 0.0646. The molecule has 120 valence electrons. The average molecular weight is 321 g/mol. The minimum absolute atomic E-state index is 0.159. The molecule has 0 atom stereocenters. The van der Waals surface area contributed by atoms with Crippen molar-refractivity contribution in [1.82, 2.24) is 4.98 Å². The fourth-order valence-electron chi connectivity index (χ4n) is 2.91. The van der Waals surface area contributed by atoms with E-state index >= 15 is 0 Å². The Morgan fingerprint density at radius 1 is 1.13 bits per heavy atom. The maximum absolute atomic E-state index is 12.8. The number of pyridine rings is 1. The highest BCUT2D eigenvalue weighted by Crippen LogP contribution is 2.46. The number of carbonyl (C=O) groups is 1. The molecule has 1 saturated carbocycles. The molecule has 0 saturated heterocycles. The van der Waals surface area contributed by atoms with Crippen LogP contribution in [0.2, 0.25) is 0 Å². The quantitative estimate of drug-likeness (QED) is 0.789. The molecular weight excluding hydrogens is 307 g/mol. The third kappa shape index (κ3) is 3.06. The third-order valence-electron chi connectivity index (χ3n) is 4.16. The summed E-state index contributed by atoms with van der Waals surface area (Å²) >= 11 is 0. The predicted molar refractivity (Wildman–Crippen MR) is 77.2 cm³/mol. The van der Waals surface area contributed by atoms with Crippen molar-refractivity contribution in [3.05, 3.63) is 59.9 Å². The zero-order chi connectivity index (χ0) is 16.5. The van der Waals surface area contributed by atoms with E-state index < -0.39 is 11.8 Å². The number of nitrogens with zero attached hydrogens (tertiary/aromatic N) is 1. The van der Waals surface area contributed by atoms with Crippen molar-refractivity contribution in [3.63, 3.8) is 0 Å². The number of rotatable bonds is 4. The largest absolute Gasteiger partial charge is 0.573 e. The highest BCUT2D eigenvalue weighted by atomic mass is 19.4. The second-order valence-electron chi connectivity index (χ2n) is 5.56. The summed E-state index contributed by atoms with van der Waals surface area (Å²) in [4.78, 5) is 16.9. The first-order valence-electron chi connectivity index (χ1n) is 7.23. The molecule has 1 aliphatic carbocycles. The van der Waals surface area contributed by atoms with Gasteiger partial charge in [0.25, 0.3) is 0 Å². The Morgan fingerprint density at radius 3 is 2.48 bits per heavy atom. The first-order chi connectivity index (χ1) is 10.9. The lowest BCUT2D eigenvalue weighted by Crippen LogP contribution is -2.42. The first-order valence-corrected chi connectivity index (χ1v) is 7.23. The molecule has 1 aromatic heterocycles. The fourth-order valence-corrected chi connectivity index (χ4v) is 2.91. The van der Waals surface area contributed by atoms with E-state index in [-0.39, 0.29) is 11.5 Å². The predicted octanol–water partition coefficient (Wildman–Crippen LogP) is 4.28. The third-order valence-corrected chi connectivity index (χ3v) is 4.16. The minimum Gasteiger partial charge on any atom is -0.406 e. The van der Waals surface area contributed by atoms with E-state index in [9.17, 15) is 18.0 Å². The van der Waals surface area contributed by atoms with Gasteiger partial charge in [-0.3, -0.25) is 9.78 Å². The number of benzene rings is 1. The maximum atomic E-state index is 12.8. The van der Waals surface area contributed by atoms with Crippen LogP contribution in [0.5, 0.6) is 5.75 Å². The normalized spacial score (nSPS) is 16.5. The number of ketones is 1. The molecule has 23 heavy (non-hydrogen) atoms. The van der Waals surface area contributed by atoms with Crippen molar-refractivity contribution in [3.8, 4) is 5.75 Å². The molecule has 1 aliphatic rings. The highest BCUT2D eigenvalue weighted by Gasteiger charge is 2.46. The van der Waals surface area contributed by atoms with Crippen LogP contribution in [0.1, 0.15) is 35.3 Å². The molecule has 3 nitrogen and oxygen atoms in total. The molecule has 2 aromatic rings. The van der Waals surface area contributed by atoms with E-state index in [4.69, 9.17) is 0 Å². The van der Waals surface area contributed by atoms with Crippen LogP contribution in [0, 0.1) is 0 Å². The number of hydrogen-bond acceptors (Lipinski definition) is 3. The van der Waals surface area contributed by atoms with Crippen LogP contribution >= 0.6 is 0 Å². The fraction of sp³-hybridized carbons (Fsp3) is 0.294. The standard InChI is InChI=1S/C17H14F3NO2/c18-17(19,20)23-13-6-3-5-12(11-13)16(8-4-9-16)15(22)14-7-1-2-10-21-14/h1-3,5-7,10-11H,4,8-9H2. The second kappa shape index (κ2) is 5.68. The Hall–Kier alpha value is -2.37. The van der Waals surface area contributed by atoms with E-state index in [1.165, 1.54) is 24.4 Å². The lowest BCUT2D eigenvalue weighted by atomic mass is 9.61. The Morgan fingerprint density at radius 2 is 1.91 bits per heavy atom. The molecule has 0 spiro atoms. The van der Waals surface area contributed by atoms with Crippen LogP contribution in [0.15, 0.2) is 48.7 Å². The zero-order valence-corrected chi connectivity index (χ0v) is 12.1. The molecule has 6 heteroatoms. The zero-order valence-electron chi connectivity index (χ0n) is 12.1. The van der Waals surface area contributed by atoms with E-state index in [1.54, 1.807) is 24.3 Å². The van der Waals surface area contributed by atoms with Crippen molar-refractivity contribution < 1.29 is 22.7 Å². The summed E-state index contributed by atoms with van der Waals surface area (Å²) in [5, 5.41) is 0. The van der Waals surface area contributed by atoms with Gasteiger partial charge in [0.1, 0.15) is 11.4 Å². The molecule has 1 heterocycles. The van der Waals surface area contributed by atoms with Gasteiger partial charge in [0.15, 0.2) is 5.78 Å². The molecule has 0 N–H and O–H groups in total. The van der Waals surface area contributed by atoms with E-state index in [2.05, 4.69) is 9.72 Å². The SMILES string of the molecule is O=C(c1ccccn1)C1(c2cccc(OC(F)(F)F)c2)CCC1. The molecule has 1 aromatic carbocycles. The summed E-state index contributed by atoms with van der Waals surface area (Å²) in [5.74, 6) is -0.469. The van der Waals surface area contributed by atoms with Gasteiger partial charge in [-0.1, -0.05) is 24.6 Å². The minimum atomic E-state index is -4.75. The van der Waals surface area contributed by atoms with Gasteiger partial charge in [0, 0.05) is 6.20 Å². The molecule has 0 unspecified atom stereocenters. The number of hydrogen-bond donors (Lipinski definition) is 0. The summed E-state index contributed by atoms with van der Waals surface area (Å²) in [6, 6.07) is 10.7. The number of ether oxygens (including phenoxy) is 1. The van der Waals surface area contributed by atoms with Crippen LogP contribution in [0.25, 0.3) is 0 Å². The van der Waals surface area contributed by atoms with Crippen LogP contribution < -0.4 is 4.74 Å². The van der Waals surface area contributed by atoms with Crippen molar-refractivity contribution >= 4 is 5.78 Å². The highest BCUT2D eigenvalue weighted by molar-refractivity contribution is 6.03. The summed E-state index contributed by atoms with van der Waals surface area (Å²) < 4.78 is 41.1. The van der Waals surface area contributed by atoms with Gasteiger partial charge in [0.2, 0.25) is 0 Å². The first kappa shape index (κ1) is 15.5. The topological polar surface area (TPSA) is 39.2 Å². The van der Waals surface area contributed by atoms with Gasteiger partial charge in [-0.05, 0) is 42.7 Å².